The first-order valence-electron chi connectivity index (χ1n) is 6.17. The predicted octanol–water partition coefficient (Wildman–Crippen LogP) is 3.59. The summed E-state index contributed by atoms with van der Waals surface area (Å²) < 4.78 is 26.6. The lowest BCUT2D eigenvalue weighted by Crippen LogP contribution is -2.33. The van der Waals surface area contributed by atoms with Crippen LogP contribution in [0.2, 0.25) is 5.02 Å². The van der Waals surface area contributed by atoms with Crippen LogP contribution in [-0.4, -0.2) is 20.1 Å². The van der Waals surface area contributed by atoms with E-state index >= 15 is 0 Å². The van der Waals surface area contributed by atoms with E-state index in [0.29, 0.717) is 17.3 Å². The van der Waals surface area contributed by atoms with Crippen molar-refractivity contribution in [1.82, 2.24) is 4.72 Å². The predicted molar refractivity (Wildman–Crippen MR) is 81.3 cm³/mol. The van der Waals surface area contributed by atoms with Crippen molar-refractivity contribution >= 4 is 33.2 Å². The average Bonchev–Trinajstić information content (AvgIpc) is 2.35. The largest absolute Gasteiger partial charge is 0.212 e. The summed E-state index contributed by atoms with van der Waals surface area (Å²) in [5, 5.41) is 0.635. The molecule has 0 bridgehead atoms. The van der Waals surface area contributed by atoms with E-state index < -0.39 is 10.0 Å². The Hall–Kier alpha value is -0.290. The van der Waals surface area contributed by atoms with Gasteiger partial charge in [-0.25, -0.2) is 13.1 Å². The quantitative estimate of drug-likeness (QED) is 0.779. The maximum absolute atomic E-state index is 11.9. The average molecular weight is 324 g/mol. The van der Waals surface area contributed by atoms with Gasteiger partial charge in [0.25, 0.3) is 0 Å². The van der Waals surface area contributed by atoms with E-state index in [1.54, 1.807) is 12.1 Å². The number of nitrogens with one attached hydrogen (secondary N) is 1. The molecule has 19 heavy (non-hydrogen) atoms. The summed E-state index contributed by atoms with van der Waals surface area (Å²) in [6.45, 7) is 3.95. The molecule has 0 amide bonds. The van der Waals surface area contributed by atoms with Crippen LogP contribution >= 0.6 is 23.2 Å². The highest BCUT2D eigenvalue weighted by molar-refractivity contribution is 7.89. The van der Waals surface area contributed by atoms with Crippen LogP contribution in [0.25, 0.3) is 0 Å². The molecule has 0 aliphatic carbocycles. The lowest BCUT2D eigenvalue weighted by molar-refractivity contribution is 0.463. The van der Waals surface area contributed by atoms with E-state index in [1.165, 1.54) is 0 Å². The molecule has 0 aliphatic heterocycles. The second-order valence-electron chi connectivity index (χ2n) is 4.75. The van der Waals surface area contributed by atoms with E-state index in [4.69, 9.17) is 23.2 Å². The van der Waals surface area contributed by atoms with Crippen LogP contribution in [0.5, 0.6) is 0 Å². The molecule has 6 heteroatoms. The van der Waals surface area contributed by atoms with E-state index in [0.717, 1.165) is 5.56 Å². The lowest BCUT2D eigenvalue weighted by Gasteiger charge is -2.22. The zero-order valence-corrected chi connectivity index (χ0v) is 13.4. The minimum atomic E-state index is -3.31. The molecule has 0 aliphatic rings. The zero-order valence-electron chi connectivity index (χ0n) is 11.1. The lowest BCUT2D eigenvalue weighted by atomic mass is 9.97. The van der Waals surface area contributed by atoms with Gasteiger partial charge in [-0.05, 0) is 30.0 Å². The van der Waals surface area contributed by atoms with Crippen molar-refractivity contribution in [3.8, 4) is 0 Å². The molecule has 1 unspecified atom stereocenters. The third-order valence-electron chi connectivity index (χ3n) is 2.75. The Morgan fingerprint density at radius 1 is 1.21 bits per heavy atom. The van der Waals surface area contributed by atoms with Crippen molar-refractivity contribution in [2.24, 2.45) is 5.92 Å². The number of hydrogen-bond donors (Lipinski definition) is 1. The summed E-state index contributed by atoms with van der Waals surface area (Å²) in [5.74, 6) is 0.536. The van der Waals surface area contributed by atoms with Gasteiger partial charge in [-0.1, -0.05) is 37.6 Å². The number of benzene rings is 1. The highest BCUT2D eigenvalue weighted by atomic mass is 35.5. The Morgan fingerprint density at radius 2 is 1.79 bits per heavy atom. The molecule has 1 aromatic carbocycles. The van der Waals surface area contributed by atoms with Gasteiger partial charge < -0.3 is 0 Å². The van der Waals surface area contributed by atoms with E-state index in [9.17, 15) is 8.42 Å². The van der Waals surface area contributed by atoms with Gasteiger partial charge in [0, 0.05) is 16.9 Å². The number of hydrogen-bond acceptors (Lipinski definition) is 2. The minimum absolute atomic E-state index is 0.0489. The Balaban J connectivity index is 2.87. The molecule has 1 N–H and O–H groups in total. The second kappa shape index (κ2) is 7.48. The van der Waals surface area contributed by atoms with Crippen molar-refractivity contribution in [2.75, 3.05) is 11.6 Å². The van der Waals surface area contributed by atoms with Crippen molar-refractivity contribution in [3.63, 3.8) is 0 Å². The van der Waals surface area contributed by atoms with Crippen molar-refractivity contribution in [2.45, 2.75) is 26.3 Å². The van der Waals surface area contributed by atoms with Gasteiger partial charge in [0.15, 0.2) is 0 Å². The van der Waals surface area contributed by atoms with E-state index in [-0.39, 0.29) is 17.7 Å². The third kappa shape index (κ3) is 5.69. The fourth-order valence-electron chi connectivity index (χ4n) is 1.76. The summed E-state index contributed by atoms with van der Waals surface area (Å²) in [5.41, 5.74) is 0.911. The van der Waals surface area contributed by atoms with Crippen LogP contribution in [0, 0.1) is 5.92 Å². The Kier molecular flexibility index (Phi) is 6.60. The molecule has 1 rings (SSSR count). The first-order valence-corrected chi connectivity index (χ1v) is 8.73. The molecule has 3 nitrogen and oxygen atoms in total. The van der Waals surface area contributed by atoms with Gasteiger partial charge >= 0.3 is 0 Å². The van der Waals surface area contributed by atoms with E-state index in [1.807, 2.05) is 26.0 Å². The van der Waals surface area contributed by atoms with Crippen LogP contribution in [0.3, 0.4) is 0 Å². The highest BCUT2D eigenvalue weighted by Gasteiger charge is 2.21. The molecular weight excluding hydrogens is 305 g/mol. The molecule has 108 valence electrons. The number of rotatable bonds is 7. The van der Waals surface area contributed by atoms with Crippen molar-refractivity contribution < 1.29 is 8.42 Å². The number of alkyl halides is 1. The topological polar surface area (TPSA) is 46.2 Å². The molecule has 0 saturated heterocycles. The Morgan fingerprint density at radius 3 is 2.26 bits per heavy atom. The molecular formula is C13H19Cl2NO2S. The second-order valence-corrected chi connectivity index (χ2v) is 7.44. The fraction of sp³-hybridized carbons (Fsp3) is 0.538. The maximum Gasteiger partial charge on any atom is 0.212 e. The number of halogens is 2. The van der Waals surface area contributed by atoms with Crippen LogP contribution in [0.15, 0.2) is 24.3 Å². The molecule has 0 aromatic heterocycles. The first-order chi connectivity index (χ1) is 8.85. The summed E-state index contributed by atoms with van der Waals surface area (Å²) >= 11 is 11.4. The smallest absolute Gasteiger partial charge is 0.212 e. The van der Waals surface area contributed by atoms with Crippen LogP contribution in [0.1, 0.15) is 31.9 Å². The minimum Gasteiger partial charge on any atom is -0.212 e. The Labute approximate surface area is 125 Å². The zero-order chi connectivity index (χ0) is 14.5. The molecule has 0 heterocycles. The van der Waals surface area contributed by atoms with E-state index in [2.05, 4.69) is 4.72 Å². The molecule has 0 fully saturated rings. The van der Waals surface area contributed by atoms with Crippen LogP contribution < -0.4 is 4.72 Å². The normalized spacial score (nSPS) is 13.7. The van der Waals surface area contributed by atoms with Crippen LogP contribution in [-0.2, 0) is 10.0 Å². The summed E-state index contributed by atoms with van der Waals surface area (Å²) in [6.07, 6.45) is 0.447. The van der Waals surface area contributed by atoms with Gasteiger partial charge in [-0.2, -0.15) is 0 Å². The van der Waals surface area contributed by atoms with Crippen LogP contribution in [0.4, 0.5) is 0 Å². The van der Waals surface area contributed by atoms with Crippen molar-refractivity contribution in [1.29, 1.82) is 0 Å². The molecule has 0 spiro atoms. The molecule has 1 aromatic rings. The molecule has 0 radical (unpaired) electrons. The standard InChI is InChI=1S/C13H19Cl2NO2S/c1-10(2)13(11-4-6-12(15)7-5-11)16-19(17,18)9-3-8-14/h4-7,10,13,16H,3,8-9H2,1-2H3. The monoisotopic (exact) mass is 323 g/mol. The SMILES string of the molecule is CC(C)C(NS(=O)(=O)CCCCl)c1ccc(Cl)cc1. The fourth-order valence-corrected chi connectivity index (χ4v) is 3.61. The van der Waals surface area contributed by atoms with Gasteiger partial charge in [0.2, 0.25) is 10.0 Å². The molecule has 1 atom stereocenters. The van der Waals surface area contributed by atoms with Crippen molar-refractivity contribution in [3.05, 3.63) is 34.9 Å². The third-order valence-corrected chi connectivity index (χ3v) is 4.71. The number of sulfonamides is 1. The van der Waals surface area contributed by atoms with Gasteiger partial charge in [0.05, 0.1) is 5.75 Å². The summed E-state index contributed by atoms with van der Waals surface area (Å²) in [7, 11) is -3.31. The maximum atomic E-state index is 11.9. The summed E-state index contributed by atoms with van der Waals surface area (Å²) in [4.78, 5) is 0. The van der Waals surface area contributed by atoms with Gasteiger partial charge in [-0.15, -0.1) is 11.6 Å². The highest BCUT2D eigenvalue weighted by Crippen LogP contribution is 2.24. The van der Waals surface area contributed by atoms with Gasteiger partial charge in [0.1, 0.15) is 0 Å². The summed E-state index contributed by atoms with van der Waals surface area (Å²) in [6, 6.07) is 6.96. The molecule has 0 saturated carbocycles. The van der Waals surface area contributed by atoms with Gasteiger partial charge in [-0.3, -0.25) is 0 Å². The first kappa shape index (κ1) is 16.8. The Bertz CT molecular complexity index is 486.